The van der Waals surface area contributed by atoms with Gasteiger partial charge < -0.3 is 15.2 Å². The van der Waals surface area contributed by atoms with Crippen LogP contribution >= 0.6 is 0 Å². The molecular weight excluding hydrogens is 238 g/mol. The standard InChI is InChI=1S/C16H27NO2/c1-3-5-14(10-11-18)12-17-13-15-6-8-16(9-7-15)19-4-2/h6-9,14,17-18H,3-5,10-13H2,1-2H3. The van der Waals surface area contributed by atoms with Gasteiger partial charge in [0.25, 0.3) is 0 Å². The highest BCUT2D eigenvalue weighted by Crippen LogP contribution is 2.13. The molecule has 0 aliphatic carbocycles. The molecule has 1 rings (SSSR count). The molecule has 0 aliphatic rings. The average molecular weight is 265 g/mol. The Morgan fingerprint density at radius 3 is 2.47 bits per heavy atom. The summed E-state index contributed by atoms with van der Waals surface area (Å²) in [5.41, 5.74) is 1.27. The Hall–Kier alpha value is -1.06. The summed E-state index contributed by atoms with van der Waals surface area (Å²) in [4.78, 5) is 0. The topological polar surface area (TPSA) is 41.5 Å². The van der Waals surface area contributed by atoms with Gasteiger partial charge >= 0.3 is 0 Å². The van der Waals surface area contributed by atoms with Gasteiger partial charge in [0.1, 0.15) is 5.75 Å². The van der Waals surface area contributed by atoms with Gasteiger partial charge in [0.2, 0.25) is 0 Å². The quantitative estimate of drug-likeness (QED) is 0.683. The SMILES string of the molecule is CCCC(CCO)CNCc1ccc(OCC)cc1. The molecule has 108 valence electrons. The Bertz CT molecular complexity index is 318. The second kappa shape index (κ2) is 9.82. The summed E-state index contributed by atoms with van der Waals surface area (Å²) < 4.78 is 5.42. The first-order valence-corrected chi connectivity index (χ1v) is 7.33. The van der Waals surface area contributed by atoms with Gasteiger partial charge in [-0.25, -0.2) is 0 Å². The van der Waals surface area contributed by atoms with E-state index in [0.717, 1.165) is 25.3 Å². The summed E-state index contributed by atoms with van der Waals surface area (Å²) in [5, 5.41) is 12.5. The molecule has 0 saturated carbocycles. The Labute approximate surface area is 117 Å². The van der Waals surface area contributed by atoms with E-state index in [1.807, 2.05) is 19.1 Å². The van der Waals surface area contributed by atoms with Crippen molar-refractivity contribution in [3.05, 3.63) is 29.8 Å². The van der Waals surface area contributed by atoms with Crippen LogP contribution in [0.5, 0.6) is 5.75 Å². The molecule has 0 aromatic heterocycles. The molecule has 0 bridgehead atoms. The minimum atomic E-state index is 0.287. The van der Waals surface area contributed by atoms with Gasteiger partial charge in [0.05, 0.1) is 6.61 Å². The van der Waals surface area contributed by atoms with E-state index in [1.165, 1.54) is 18.4 Å². The number of hydrogen-bond acceptors (Lipinski definition) is 3. The maximum absolute atomic E-state index is 9.02. The Morgan fingerprint density at radius 1 is 1.16 bits per heavy atom. The van der Waals surface area contributed by atoms with Crippen LogP contribution in [0.4, 0.5) is 0 Å². The van der Waals surface area contributed by atoms with Gasteiger partial charge in [-0.1, -0.05) is 25.5 Å². The van der Waals surface area contributed by atoms with E-state index in [9.17, 15) is 0 Å². The summed E-state index contributed by atoms with van der Waals surface area (Å²) in [6, 6.07) is 8.22. The van der Waals surface area contributed by atoms with Crippen LogP contribution in [0.15, 0.2) is 24.3 Å². The summed E-state index contributed by atoms with van der Waals surface area (Å²) >= 11 is 0. The summed E-state index contributed by atoms with van der Waals surface area (Å²) in [5.74, 6) is 1.51. The number of aliphatic hydroxyl groups excluding tert-OH is 1. The lowest BCUT2D eigenvalue weighted by molar-refractivity contribution is 0.248. The molecule has 1 unspecified atom stereocenters. The molecule has 1 aromatic rings. The molecule has 1 aromatic carbocycles. The number of rotatable bonds is 10. The highest BCUT2D eigenvalue weighted by Gasteiger charge is 2.06. The zero-order chi connectivity index (χ0) is 13.9. The summed E-state index contributed by atoms with van der Waals surface area (Å²) in [6.45, 7) is 7.02. The molecule has 0 fully saturated rings. The zero-order valence-electron chi connectivity index (χ0n) is 12.2. The van der Waals surface area contributed by atoms with Crippen LogP contribution < -0.4 is 10.1 Å². The molecule has 19 heavy (non-hydrogen) atoms. The van der Waals surface area contributed by atoms with Gasteiger partial charge in [0.15, 0.2) is 0 Å². The smallest absolute Gasteiger partial charge is 0.119 e. The van der Waals surface area contributed by atoms with Crippen molar-refractivity contribution in [3.8, 4) is 5.75 Å². The normalized spacial score (nSPS) is 12.4. The highest BCUT2D eigenvalue weighted by molar-refractivity contribution is 5.27. The van der Waals surface area contributed by atoms with Crippen molar-refractivity contribution in [1.82, 2.24) is 5.32 Å². The Kier molecular flexibility index (Phi) is 8.26. The van der Waals surface area contributed by atoms with E-state index in [0.29, 0.717) is 12.5 Å². The fourth-order valence-electron chi connectivity index (χ4n) is 2.23. The lowest BCUT2D eigenvalue weighted by Crippen LogP contribution is -2.23. The largest absolute Gasteiger partial charge is 0.494 e. The molecule has 0 saturated heterocycles. The maximum atomic E-state index is 9.02. The van der Waals surface area contributed by atoms with Gasteiger partial charge in [-0.2, -0.15) is 0 Å². The third-order valence-electron chi connectivity index (χ3n) is 3.23. The van der Waals surface area contributed by atoms with E-state index in [-0.39, 0.29) is 6.61 Å². The Balaban J connectivity index is 2.30. The number of aliphatic hydroxyl groups is 1. The first kappa shape index (κ1) is 16.0. The molecule has 3 nitrogen and oxygen atoms in total. The number of benzene rings is 1. The highest BCUT2D eigenvalue weighted by atomic mass is 16.5. The molecule has 0 heterocycles. The first-order chi connectivity index (χ1) is 9.30. The van der Waals surface area contributed by atoms with Crippen LogP contribution in [0.1, 0.15) is 38.7 Å². The van der Waals surface area contributed by atoms with Gasteiger partial charge in [-0.3, -0.25) is 0 Å². The minimum Gasteiger partial charge on any atom is -0.494 e. The molecule has 3 heteroatoms. The molecule has 0 aliphatic heterocycles. The van der Waals surface area contributed by atoms with Crippen molar-refractivity contribution in [2.75, 3.05) is 19.8 Å². The predicted molar refractivity (Wildman–Crippen MR) is 79.4 cm³/mol. The molecule has 0 amide bonds. The molecule has 2 N–H and O–H groups in total. The number of ether oxygens (including phenoxy) is 1. The van der Waals surface area contributed by atoms with E-state index < -0.39 is 0 Å². The summed E-state index contributed by atoms with van der Waals surface area (Å²) in [6.07, 6.45) is 3.25. The van der Waals surface area contributed by atoms with E-state index in [1.54, 1.807) is 0 Å². The van der Waals surface area contributed by atoms with Crippen molar-refractivity contribution in [2.45, 2.75) is 39.7 Å². The van der Waals surface area contributed by atoms with Crippen molar-refractivity contribution in [1.29, 1.82) is 0 Å². The van der Waals surface area contributed by atoms with Gasteiger partial charge in [-0.05, 0) is 49.9 Å². The third kappa shape index (κ3) is 6.60. The fourth-order valence-corrected chi connectivity index (χ4v) is 2.23. The monoisotopic (exact) mass is 265 g/mol. The maximum Gasteiger partial charge on any atom is 0.119 e. The molecule has 0 spiro atoms. The van der Waals surface area contributed by atoms with Gasteiger partial charge in [0, 0.05) is 13.2 Å². The predicted octanol–water partition coefficient (Wildman–Crippen LogP) is 2.97. The van der Waals surface area contributed by atoms with Crippen molar-refractivity contribution < 1.29 is 9.84 Å². The van der Waals surface area contributed by atoms with Crippen LogP contribution in [0, 0.1) is 5.92 Å². The van der Waals surface area contributed by atoms with E-state index in [4.69, 9.17) is 9.84 Å². The van der Waals surface area contributed by atoms with Crippen LogP contribution in [-0.2, 0) is 6.54 Å². The van der Waals surface area contributed by atoms with E-state index in [2.05, 4.69) is 24.4 Å². The lowest BCUT2D eigenvalue weighted by atomic mass is 10.0. The molecule has 1 atom stereocenters. The number of hydrogen-bond donors (Lipinski definition) is 2. The average Bonchev–Trinajstić information content (AvgIpc) is 2.41. The second-order valence-corrected chi connectivity index (χ2v) is 4.87. The zero-order valence-corrected chi connectivity index (χ0v) is 12.2. The van der Waals surface area contributed by atoms with Crippen LogP contribution in [0.25, 0.3) is 0 Å². The van der Waals surface area contributed by atoms with Crippen molar-refractivity contribution in [3.63, 3.8) is 0 Å². The van der Waals surface area contributed by atoms with Crippen molar-refractivity contribution in [2.24, 2.45) is 5.92 Å². The number of nitrogens with one attached hydrogen (secondary N) is 1. The lowest BCUT2D eigenvalue weighted by Gasteiger charge is -2.15. The third-order valence-corrected chi connectivity index (χ3v) is 3.23. The van der Waals surface area contributed by atoms with Crippen LogP contribution in [-0.4, -0.2) is 24.9 Å². The van der Waals surface area contributed by atoms with Crippen LogP contribution in [0.2, 0.25) is 0 Å². The molecular formula is C16H27NO2. The fraction of sp³-hybridized carbons (Fsp3) is 0.625. The second-order valence-electron chi connectivity index (χ2n) is 4.87. The molecule has 0 radical (unpaired) electrons. The minimum absolute atomic E-state index is 0.287. The van der Waals surface area contributed by atoms with Gasteiger partial charge in [-0.15, -0.1) is 0 Å². The Morgan fingerprint density at radius 2 is 1.89 bits per heavy atom. The summed E-state index contributed by atoms with van der Waals surface area (Å²) in [7, 11) is 0. The van der Waals surface area contributed by atoms with Crippen molar-refractivity contribution >= 4 is 0 Å². The first-order valence-electron chi connectivity index (χ1n) is 7.33. The van der Waals surface area contributed by atoms with E-state index >= 15 is 0 Å². The van der Waals surface area contributed by atoms with Crippen LogP contribution in [0.3, 0.4) is 0 Å².